The molecule has 1 aliphatic rings. The first-order chi connectivity index (χ1) is 8.85. The number of fused-ring (bicyclic) bond motifs is 1. The van der Waals surface area contributed by atoms with Crippen molar-refractivity contribution < 1.29 is 0 Å². The first-order valence-electron chi connectivity index (χ1n) is 6.44. The largest absolute Gasteiger partial charge is 0.365 e. The van der Waals surface area contributed by atoms with E-state index in [1.165, 1.54) is 16.7 Å². The summed E-state index contributed by atoms with van der Waals surface area (Å²) in [5, 5.41) is 11.1. The van der Waals surface area contributed by atoms with Gasteiger partial charge in [0.15, 0.2) is 0 Å². The highest BCUT2D eigenvalue weighted by molar-refractivity contribution is 5.38. The normalized spacial score (nSPS) is 13.6. The predicted molar refractivity (Wildman–Crippen MR) is 72.2 cm³/mol. The van der Waals surface area contributed by atoms with Gasteiger partial charge in [-0.3, -0.25) is 4.68 Å². The first-order valence-corrected chi connectivity index (χ1v) is 6.44. The Hall–Kier alpha value is -1.81. The quantitative estimate of drug-likeness (QED) is 0.863. The smallest absolute Gasteiger partial charge is 0.148 e. The Bertz CT molecular complexity index is 544. The molecule has 94 valence electrons. The molecule has 2 heterocycles. The van der Waals surface area contributed by atoms with Crippen LogP contribution in [0.1, 0.15) is 23.6 Å². The molecular formula is C14H18N4. The molecule has 1 aromatic carbocycles. The van der Waals surface area contributed by atoms with E-state index in [1.807, 2.05) is 16.9 Å². The van der Waals surface area contributed by atoms with Crippen molar-refractivity contribution in [2.75, 3.05) is 5.32 Å². The van der Waals surface area contributed by atoms with E-state index in [-0.39, 0.29) is 0 Å². The Morgan fingerprint density at radius 1 is 1.28 bits per heavy atom. The highest BCUT2D eigenvalue weighted by Gasteiger charge is 2.09. The van der Waals surface area contributed by atoms with Crippen LogP contribution in [0.5, 0.6) is 0 Å². The van der Waals surface area contributed by atoms with Gasteiger partial charge in [0, 0.05) is 38.4 Å². The lowest BCUT2D eigenvalue weighted by Gasteiger charge is -2.05. The summed E-state index contributed by atoms with van der Waals surface area (Å²) in [4.78, 5) is 0. The molecule has 2 aromatic rings. The molecular weight excluding hydrogens is 224 g/mol. The van der Waals surface area contributed by atoms with E-state index in [1.54, 1.807) is 0 Å². The van der Waals surface area contributed by atoms with Gasteiger partial charge in [-0.15, -0.1) is 0 Å². The Labute approximate surface area is 107 Å². The number of nitrogens with zero attached hydrogens (tertiary/aromatic N) is 2. The van der Waals surface area contributed by atoms with Crippen LogP contribution in [0.2, 0.25) is 0 Å². The van der Waals surface area contributed by atoms with Crippen LogP contribution in [-0.4, -0.2) is 9.78 Å². The lowest BCUT2D eigenvalue weighted by atomic mass is 10.1. The lowest BCUT2D eigenvalue weighted by Crippen LogP contribution is -2.02. The summed E-state index contributed by atoms with van der Waals surface area (Å²) in [5.41, 5.74) is 4.16. The second-order valence-corrected chi connectivity index (χ2v) is 4.62. The molecule has 4 nitrogen and oxygen atoms in total. The molecule has 3 rings (SSSR count). The van der Waals surface area contributed by atoms with E-state index >= 15 is 0 Å². The number of aromatic nitrogens is 2. The van der Waals surface area contributed by atoms with E-state index in [4.69, 9.17) is 0 Å². The van der Waals surface area contributed by atoms with Crippen molar-refractivity contribution in [1.82, 2.24) is 15.1 Å². The zero-order chi connectivity index (χ0) is 12.4. The molecule has 0 aliphatic carbocycles. The van der Waals surface area contributed by atoms with Gasteiger partial charge in [0.1, 0.15) is 5.82 Å². The number of nitrogens with one attached hydrogen (secondary N) is 2. The van der Waals surface area contributed by atoms with Gasteiger partial charge in [0.2, 0.25) is 0 Å². The maximum Gasteiger partial charge on any atom is 0.148 e. The van der Waals surface area contributed by atoms with Crippen molar-refractivity contribution in [2.45, 2.75) is 33.1 Å². The minimum absolute atomic E-state index is 0.827. The van der Waals surface area contributed by atoms with Crippen LogP contribution >= 0.6 is 0 Å². The van der Waals surface area contributed by atoms with Crippen LogP contribution in [0.4, 0.5) is 5.82 Å². The molecule has 0 spiro atoms. The summed E-state index contributed by atoms with van der Waals surface area (Å²) in [5.74, 6) is 0.940. The van der Waals surface area contributed by atoms with Crippen LogP contribution in [0.25, 0.3) is 0 Å². The SMILES string of the molecule is CCn1ccc(NCc2ccc3c(c2)CNC3)n1. The van der Waals surface area contributed by atoms with Gasteiger partial charge in [0.05, 0.1) is 0 Å². The molecule has 2 N–H and O–H groups in total. The van der Waals surface area contributed by atoms with Crippen molar-refractivity contribution in [3.05, 3.63) is 47.2 Å². The lowest BCUT2D eigenvalue weighted by molar-refractivity contribution is 0.661. The molecule has 1 aliphatic heterocycles. The third-order valence-corrected chi connectivity index (χ3v) is 3.34. The van der Waals surface area contributed by atoms with Gasteiger partial charge in [0.25, 0.3) is 0 Å². The third kappa shape index (κ3) is 2.24. The highest BCUT2D eigenvalue weighted by atomic mass is 15.3. The maximum atomic E-state index is 4.41. The van der Waals surface area contributed by atoms with Gasteiger partial charge in [-0.1, -0.05) is 18.2 Å². The van der Waals surface area contributed by atoms with Crippen molar-refractivity contribution in [3.63, 3.8) is 0 Å². The number of benzene rings is 1. The van der Waals surface area contributed by atoms with E-state index in [0.29, 0.717) is 0 Å². The van der Waals surface area contributed by atoms with Gasteiger partial charge >= 0.3 is 0 Å². The summed E-state index contributed by atoms with van der Waals surface area (Å²) in [7, 11) is 0. The van der Waals surface area contributed by atoms with Crippen molar-refractivity contribution in [2.24, 2.45) is 0 Å². The highest BCUT2D eigenvalue weighted by Crippen LogP contribution is 2.17. The van der Waals surface area contributed by atoms with Crippen molar-refractivity contribution in [3.8, 4) is 0 Å². The molecule has 0 saturated heterocycles. The van der Waals surface area contributed by atoms with Gasteiger partial charge in [-0.2, -0.15) is 5.10 Å². The zero-order valence-electron chi connectivity index (χ0n) is 10.6. The summed E-state index contributed by atoms with van der Waals surface area (Å²) in [6, 6.07) is 8.70. The molecule has 0 atom stereocenters. The predicted octanol–water partition coefficient (Wildman–Crippen LogP) is 2.12. The Morgan fingerprint density at radius 3 is 3.00 bits per heavy atom. The number of rotatable bonds is 4. The average Bonchev–Trinajstić information content (AvgIpc) is 3.04. The molecule has 0 fully saturated rings. The van der Waals surface area contributed by atoms with Crippen molar-refractivity contribution in [1.29, 1.82) is 0 Å². The van der Waals surface area contributed by atoms with Crippen LogP contribution in [0.15, 0.2) is 30.5 Å². The summed E-state index contributed by atoms with van der Waals surface area (Å²) >= 11 is 0. The van der Waals surface area contributed by atoms with Crippen LogP contribution in [0.3, 0.4) is 0 Å². The van der Waals surface area contributed by atoms with Crippen LogP contribution in [-0.2, 0) is 26.2 Å². The van der Waals surface area contributed by atoms with Crippen molar-refractivity contribution >= 4 is 5.82 Å². The molecule has 0 amide bonds. The second kappa shape index (κ2) is 4.82. The van der Waals surface area contributed by atoms with Gasteiger partial charge in [-0.05, 0) is 23.6 Å². The minimum atomic E-state index is 0.827. The Kier molecular flexibility index (Phi) is 3.02. The molecule has 0 bridgehead atoms. The molecule has 1 aromatic heterocycles. The zero-order valence-corrected chi connectivity index (χ0v) is 10.6. The monoisotopic (exact) mass is 242 g/mol. The maximum absolute atomic E-state index is 4.41. The molecule has 4 heteroatoms. The number of aryl methyl sites for hydroxylation is 1. The molecule has 0 saturated carbocycles. The Morgan fingerprint density at radius 2 is 2.17 bits per heavy atom. The topological polar surface area (TPSA) is 41.9 Å². The molecule has 0 radical (unpaired) electrons. The van der Waals surface area contributed by atoms with Crippen LogP contribution in [0, 0.1) is 0 Å². The second-order valence-electron chi connectivity index (χ2n) is 4.62. The summed E-state index contributed by atoms with van der Waals surface area (Å²) in [6.07, 6.45) is 1.99. The average molecular weight is 242 g/mol. The fourth-order valence-corrected chi connectivity index (χ4v) is 2.28. The van der Waals surface area contributed by atoms with E-state index in [9.17, 15) is 0 Å². The molecule has 18 heavy (non-hydrogen) atoms. The van der Waals surface area contributed by atoms with E-state index in [0.717, 1.165) is 32.0 Å². The third-order valence-electron chi connectivity index (χ3n) is 3.34. The number of anilines is 1. The summed E-state index contributed by atoms with van der Waals surface area (Å²) in [6.45, 7) is 5.82. The minimum Gasteiger partial charge on any atom is -0.365 e. The van der Waals surface area contributed by atoms with Gasteiger partial charge < -0.3 is 10.6 Å². The molecule has 0 unspecified atom stereocenters. The fourth-order valence-electron chi connectivity index (χ4n) is 2.28. The first kappa shape index (κ1) is 11.3. The van der Waals surface area contributed by atoms with E-state index in [2.05, 4.69) is 40.9 Å². The van der Waals surface area contributed by atoms with Gasteiger partial charge in [-0.25, -0.2) is 0 Å². The number of hydrogen-bond acceptors (Lipinski definition) is 3. The number of hydrogen-bond donors (Lipinski definition) is 2. The van der Waals surface area contributed by atoms with Crippen LogP contribution < -0.4 is 10.6 Å². The summed E-state index contributed by atoms with van der Waals surface area (Å²) < 4.78 is 1.93. The Balaban J connectivity index is 1.66. The standard InChI is InChI=1S/C14H18N4/c1-2-18-6-5-14(17-18)16-8-11-3-4-12-9-15-10-13(12)7-11/h3-7,15H,2,8-10H2,1H3,(H,16,17). The fraction of sp³-hybridized carbons (Fsp3) is 0.357. The van der Waals surface area contributed by atoms with E-state index < -0.39 is 0 Å².